The number of fused-ring (bicyclic) bond motifs is 2. The molecule has 2 amide bonds. The summed E-state index contributed by atoms with van der Waals surface area (Å²) < 4.78 is 3.77. The van der Waals surface area contributed by atoms with Gasteiger partial charge in [0.25, 0.3) is 5.91 Å². The number of carbonyl (C=O) groups is 3. The number of hydrogen-bond acceptors (Lipinski definition) is 8. The fourth-order valence-electron chi connectivity index (χ4n) is 3.89. The lowest BCUT2D eigenvalue weighted by Crippen LogP contribution is -2.71. The van der Waals surface area contributed by atoms with E-state index >= 15 is 0 Å². The van der Waals surface area contributed by atoms with Crippen LogP contribution < -0.4 is 15.0 Å². The van der Waals surface area contributed by atoms with Crippen molar-refractivity contribution in [2.75, 3.05) is 11.5 Å². The second kappa shape index (κ2) is 10.2. The molecule has 0 saturated carbocycles. The largest absolute Gasteiger partial charge is 0.543 e. The predicted molar refractivity (Wildman–Crippen MR) is 133 cm³/mol. The Labute approximate surface area is 213 Å². The molecule has 5 rings (SSSR count). The summed E-state index contributed by atoms with van der Waals surface area (Å²) >= 11 is 4.25. The topological polar surface area (TPSA) is 106 Å². The van der Waals surface area contributed by atoms with Crippen LogP contribution >= 0.6 is 34.9 Å². The van der Waals surface area contributed by atoms with Crippen molar-refractivity contribution >= 4 is 62.9 Å². The number of benzene rings is 1. The minimum absolute atomic E-state index is 0.120. The highest BCUT2D eigenvalue weighted by molar-refractivity contribution is 8.01. The van der Waals surface area contributed by atoms with Gasteiger partial charge in [0.2, 0.25) is 5.91 Å². The Morgan fingerprint density at radius 1 is 1.23 bits per heavy atom. The van der Waals surface area contributed by atoms with E-state index in [1.54, 1.807) is 6.08 Å². The summed E-state index contributed by atoms with van der Waals surface area (Å²) in [5, 5.41) is 14.2. The van der Waals surface area contributed by atoms with Crippen LogP contribution in [0.2, 0.25) is 0 Å². The third-order valence-electron chi connectivity index (χ3n) is 5.52. The number of amides is 2. The van der Waals surface area contributed by atoms with Crippen molar-refractivity contribution < 1.29 is 24.1 Å². The first kappa shape index (κ1) is 23.6. The first-order valence-corrected chi connectivity index (χ1v) is 13.6. The fourth-order valence-corrected chi connectivity index (χ4v) is 7.09. The van der Waals surface area contributed by atoms with E-state index in [0.29, 0.717) is 17.9 Å². The van der Waals surface area contributed by atoms with Crippen LogP contribution in [0.15, 0.2) is 82.6 Å². The standard InChI is InChI=1S/C24H20N4O4S3/c29-18(14-34-24-25-16-8-2-3-9-17(16)35-24)26-19-21(30)28-20(23(31)32)15(13-33-22(19)28)7-6-12-27-10-4-1-5-11-27/h1-11,19,22H,12-14H2,(H-,26,29,31,32)/b7-6+/t19-,22-/m1/s1. The first-order valence-electron chi connectivity index (χ1n) is 10.8. The number of hydrogen-bond donors (Lipinski definition) is 1. The van der Waals surface area contributed by atoms with Crippen LogP contribution in [0.5, 0.6) is 0 Å². The molecule has 0 spiro atoms. The third kappa shape index (κ3) is 4.97. The van der Waals surface area contributed by atoms with Gasteiger partial charge in [0.05, 0.1) is 27.6 Å². The molecule has 35 heavy (non-hydrogen) atoms. The minimum Gasteiger partial charge on any atom is -0.543 e. The number of β-lactam (4-membered cyclic amide) rings is 1. The molecule has 2 aromatic heterocycles. The number of carboxylic acids is 1. The second-order valence-corrected chi connectivity index (χ2v) is 11.2. The molecule has 11 heteroatoms. The lowest BCUT2D eigenvalue weighted by atomic mass is 10.0. The van der Waals surface area contributed by atoms with Crippen molar-refractivity contribution in [1.82, 2.24) is 15.2 Å². The van der Waals surface area contributed by atoms with Crippen LogP contribution in [-0.4, -0.2) is 50.6 Å². The highest BCUT2D eigenvalue weighted by atomic mass is 32.2. The zero-order chi connectivity index (χ0) is 24.4. The molecule has 1 saturated heterocycles. The Morgan fingerprint density at radius 2 is 2.03 bits per heavy atom. The molecule has 8 nitrogen and oxygen atoms in total. The molecule has 3 aromatic rings. The zero-order valence-electron chi connectivity index (χ0n) is 18.3. The molecule has 2 aliphatic heterocycles. The lowest BCUT2D eigenvalue weighted by molar-refractivity contribution is -0.687. The zero-order valence-corrected chi connectivity index (χ0v) is 20.8. The Kier molecular flexibility index (Phi) is 6.89. The molecule has 178 valence electrons. The quantitative estimate of drug-likeness (QED) is 0.269. The van der Waals surface area contributed by atoms with E-state index in [1.165, 1.54) is 39.8 Å². The number of carbonyl (C=O) groups excluding carboxylic acids is 3. The normalized spacial score (nSPS) is 19.7. The van der Waals surface area contributed by atoms with Crippen molar-refractivity contribution in [2.45, 2.75) is 22.3 Å². The van der Waals surface area contributed by atoms with Crippen LogP contribution in [0.25, 0.3) is 10.2 Å². The first-order chi connectivity index (χ1) is 17.0. The number of aromatic nitrogens is 2. The summed E-state index contributed by atoms with van der Waals surface area (Å²) in [7, 11) is 0. The smallest absolute Gasteiger partial charge is 0.253 e. The molecular formula is C24H20N4O4S3. The maximum absolute atomic E-state index is 12.8. The van der Waals surface area contributed by atoms with Gasteiger partial charge < -0.3 is 15.2 Å². The van der Waals surface area contributed by atoms with Gasteiger partial charge in [-0.15, -0.1) is 23.1 Å². The van der Waals surface area contributed by atoms with Crippen molar-refractivity contribution in [1.29, 1.82) is 0 Å². The van der Waals surface area contributed by atoms with Gasteiger partial charge in [-0.05, 0) is 23.8 Å². The van der Waals surface area contributed by atoms with Gasteiger partial charge in [0, 0.05) is 17.9 Å². The average molecular weight is 525 g/mol. The van der Waals surface area contributed by atoms with E-state index in [9.17, 15) is 19.5 Å². The minimum atomic E-state index is -1.40. The molecule has 0 unspecified atom stereocenters. The van der Waals surface area contributed by atoms with Gasteiger partial charge in [0.15, 0.2) is 23.3 Å². The summed E-state index contributed by atoms with van der Waals surface area (Å²) in [5.74, 6) is -1.61. The van der Waals surface area contributed by atoms with Gasteiger partial charge in [-0.3, -0.25) is 14.5 Å². The van der Waals surface area contributed by atoms with Crippen LogP contribution in [0, 0.1) is 0 Å². The van der Waals surface area contributed by atoms with E-state index in [1.807, 2.05) is 65.5 Å². The van der Waals surface area contributed by atoms with Crippen molar-refractivity contribution in [3.8, 4) is 0 Å². The number of pyridine rings is 1. The molecule has 0 aliphatic carbocycles. The number of nitrogens with zero attached hydrogens (tertiary/aromatic N) is 3. The lowest BCUT2D eigenvalue weighted by Gasteiger charge is -2.50. The Hall–Kier alpha value is -3.15. The molecule has 1 fully saturated rings. The summed E-state index contributed by atoms with van der Waals surface area (Å²) in [6, 6.07) is 12.7. The fraction of sp³-hybridized carbons (Fsp3) is 0.208. The maximum Gasteiger partial charge on any atom is 0.253 e. The number of thiazole rings is 1. The molecule has 1 aromatic carbocycles. The highest BCUT2D eigenvalue weighted by Crippen LogP contribution is 2.40. The summed E-state index contributed by atoms with van der Waals surface area (Å²) in [6.07, 6.45) is 7.39. The third-order valence-corrected chi connectivity index (χ3v) is 9.00. The van der Waals surface area contributed by atoms with E-state index in [-0.39, 0.29) is 17.4 Å². The van der Waals surface area contributed by atoms with E-state index in [2.05, 4.69) is 10.3 Å². The summed E-state index contributed by atoms with van der Waals surface area (Å²) in [5.41, 5.74) is 1.28. The van der Waals surface area contributed by atoms with Crippen LogP contribution in [0.1, 0.15) is 0 Å². The summed E-state index contributed by atoms with van der Waals surface area (Å²) in [4.78, 5) is 42.9. The Morgan fingerprint density at radius 3 is 2.80 bits per heavy atom. The van der Waals surface area contributed by atoms with E-state index < -0.39 is 23.3 Å². The molecule has 1 N–H and O–H groups in total. The van der Waals surface area contributed by atoms with Crippen LogP contribution in [0.3, 0.4) is 0 Å². The molecule has 2 aliphatic rings. The molecule has 4 heterocycles. The van der Waals surface area contributed by atoms with Crippen LogP contribution in [0.4, 0.5) is 0 Å². The van der Waals surface area contributed by atoms with Gasteiger partial charge in [-0.1, -0.05) is 36.0 Å². The number of para-hydroxylation sites is 1. The molecule has 0 radical (unpaired) electrons. The number of rotatable bonds is 8. The van der Waals surface area contributed by atoms with Gasteiger partial charge in [-0.25, -0.2) is 9.55 Å². The monoisotopic (exact) mass is 524 g/mol. The number of aliphatic carboxylic acids is 1. The van der Waals surface area contributed by atoms with Crippen molar-refractivity contribution in [2.24, 2.45) is 0 Å². The average Bonchev–Trinajstić information content (AvgIpc) is 3.29. The second-order valence-electron chi connectivity index (χ2n) is 7.83. The predicted octanol–water partition coefficient (Wildman–Crippen LogP) is 1.34. The number of nitrogens with one attached hydrogen (secondary N) is 1. The van der Waals surface area contributed by atoms with Crippen molar-refractivity contribution in [3.05, 3.63) is 78.3 Å². The molecular weight excluding hydrogens is 504 g/mol. The maximum atomic E-state index is 12.8. The van der Waals surface area contributed by atoms with Gasteiger partial charge in [-0.2, -0.15) is 0 Å². The number of carboxylic acid groups (broad SMARTS) is 1. The summed E-state index contributed by atoms with van der Waals surface area (Å²) in [6.45, 7) is 0.567. The Bertz CT molecular complexity index is 1320. The van der Waals surface area contributed by atoms with Crippen LogP contribution in [-0.2, 0) is 20.9 Å². The number of thioether (sulfide) groups is 2. The van der Waals surface area contributed by atoms with E-state index in [4.69, 9.17) is 0 Å². The molecule has 2 atom stereocenters. The Balaban J connectivity index is 1.21. The highest BCUT2D eigenvalue weighted by Gasteiger charge is 2.52. The van der Waals surface area contributed by atoms with Crippen molar-refractivity contribution in [3.63, 3.8) is 0 Å². The SMILES string of the molecule is O=C(CSc1nc2ccccc2s1)N[C@@H]1C(=O)N2C(C(=O)[O-])=C(/C=C/C[n+]3ccccc3)CS[C@H]12. The van der Waals surface area contributed by atoms with E-state index in [0.717, 1.165) is 14.6 Å². The van der Waals surface area contributed by atoms with Gasteiger partial charge in [0.1, 0.15) is 11.4 Å². The molecule has 0 bridgehead atoms. The number of allylic oxidation sites excluding steroid dienone is 2. The van der Waals surface area contributed by atoms with Gasteiger partial charge >= 0.3 is 0 Å².